The molecule has 0 aromatic rings. The molecule has 0 N–H and O–H groups in total. The van der Waals surface area contributed by atoms with Gasteiger partial charge in [0.05, 0.1) is 0 Å². The van der Waals surface area contributed by atoms with E-state index in [-0.39, 0.29) is 0 Å². The van der Waals surface area contributed by atoms with Gasteiger partial charge < -0.3 is 0 Å². The number of alkyl halides is 3. The van der Waals surface area contributed by atoms with Crippen molar-refractivity contribution in [2.45, 2.75) is 6.30 Å². The Bertz CT molecular complexity index is 22.4. The molecule has 5 heavy (non-hydrogen) atoms. The first-order chi connectivity index (χ1) is 2.00. The summed E-state index contributed by atoms with van der Waals surface area (Å²) in [5.41, 5.74) is 6.52. The quantitative estimate of drug-likeness (QED) is 0.382. The Morgan fingerprint density at radius 2 is 1.20 bits per heavy atom. The second-order valence-electron chi connectivity index (χ2n) is 0.468. The first kappa shape index (κ1) is 4.75. The first-order valence-electron chi connectivity index (χ1n) is 0.791. The number of hydrogen-bond acceptors (Lipinski definition) is 0. The molecule has 0 saturated carbocycles. The van der Waals surface area contributed by atoms with Crippen molar-refractivity contribution in [2.24, 2.45) is 0 Å². The Labute approximate surface area is 26.6 Å². The van der Waals surface area contributed by atoms with Crippen molar-refractivity contribution in [1.29, 1.82) is 0 Å². The van der Waals surface area contributed by atoms with Crippen LogP contribution in [0.4, 0.5) is 13.2 Å². The van der Waals surface area contributed by atoms with Gasteiger partial charge in [-0.3, -0.25) is 0 Å². The highest BCUT2D eigenvalue weighted by molar-refractivity contribution is 4.19. The van der Waals surface area contributed by atoms with E-state index in [4.69, 9.17) is 5.73 Å². The van der Waals surface area contributed by atoms with Crippen LogP contribution in [0.15, 0.2) is 0 Å². The number of rotatable bonds is 0. The molecule has 0 rings (SSSR count). The van der Waals surface area contributed by atoms with E-state index in [1.165, 1.54) is 0 Å². The summed E-state index contributed by atoms with van der Waals surface area (Å²) in [6.45, 7) is 0. The van der Waals surface area contributed by atoms with E-state index in [0.29, 0.717) is 0 Å². The zero-order chi connectivity index (χ0) is 4.50. The highest BCUT2D eigenvalue weighted by Crippen LogP contribution is 2.04. The summed E-state index contributed by atoms with van der Waals surface area (Å²) in [6.07, 6.45) is -5.00. The number of hydrogen-bond donors (Lipinski definition) is 0. The Morgan fingerprint density at radius 1 is 1.20 bits per heavy atom. The van der Waals surface area contributed by atoms with Gasteiger partial charge in [0.2, 0.25) is 0 Å². The fourth-order valence-corrected chi connectivity index (χ4v) is 0. The van der Waals surface area contributed by atoms with Gasteiger partial charge in [-0.15, -0.1) is 0 Å². The fourth-order valence-electron chi connectivity index (χ4n) is 0. The van der Waals surface area contributed by atoms with Crippen LogP contribution >= 0.6 is 0 Å². The molecule has 0 fully saturated rings. The Morgan fingerprint density at radius 3 is 1.20 bits per heavy atom. The lowest BCUT2D eigenvalue weighted by molar-refractivity contribution is -0.129. The summed E-state index contributed by atoms with van der Waals surface area (Å²) in [4.78, 5) is 0. The van der Waals surface area contributed by atoms with Gasteiger partial charge in [0, 0.05) is 0 Å². The third-order valence-electron chi connectivity index (χ3n) is 0. The van der Waals surface area contributed by atoms with Crippen LogP contribution in [0.5, 0.6) is 0 Å². The van der Waals surface area contributed by atoms with Crippen LogP contribution in [-0.4, -0.2) is 6.30 Å². The molecule has 0 heterocycles. The van der Waals surface area contributed by atoms with E-state index < -0.39 is 6.30 Å². The first-order valence-corrected chi connectivity index (χ1v) is 0.791. The molecular formula is CF3N. The highest BCUT2D eigenvalue weighted by Gasteiger charge is 2.21. The minimum Gasteiger partial charge on any atom is -0.153 e. The predicted molar refractivity (Wildman–Crippen MR) is 8.19 cm³/mol. The van der Waals surface area contributed by atoms with Crippen molar-refractivity contribution in [3.63, 3.8) is 0 Å². The van der Waals surface area contributed by atoms with E-state index >= 15 is 0 Å². The topological polar surface area (TPSA) is 22.3 Å². The Kier molecular flexibility index (Phi) is 0.815. The van der Waals surface area contributed by atoms with E-state index in [1.807, 2.05) is 0 Å². The van der Waals surface area contributed by atoms with Crippen LogP contribution in [-0.2, 0) is 0 Å². The van der Waals surface area contributed by atoms with Crippen molar-refractivity contribution < 1.29 is 13.2 Å². The average molecular weight is 83.0 g/mol. The standard InChI is InChI=1S/CF3N/c2-1(3,4)5. The third kappa shape index (κ3) is 184. The smallest absolute Gasteiger partial charge is 0.153 e. The molecule has 4 heteroatoms. The highest BCUT2D eigenvalue weighted by atomic mass is 19.4. The van der Waals surface area contributed by atoms with Crippen LogP contribution < -0.4 is 5.73 Å². The van der Waals surface area contributed by atoms with Gasteiger partial charge >= 0.3 is 6.30 Å². The summed E-state index contributed by atoms with van der Waals surface area (Å²) in [6, 6.07) is 0. The molecule has 0 unspecified atom stereocenters. The monoisotopic (exact) mass is 83.0 g/mol. The van der Waals surface area contributed by atoms with Crippen LogP contribution in [0, 0.1) is 0 Å². The molecule has 1 nitrogen and oxygen atoms in total. The van der Waals surface area contributed by atoms with Crippen molar-refractivity contribution in [3.8, 4) is 0 Å². The van der Waals surface area contributed by atoms with E-state index in [9.17, 15) is 13.2 Å². The molecule has 30 valence electrons. The van der Waals surface area contributed by atoms with Gasteiger partial charge in [-0.2, -0.15) is 13.2 Å². The minimum absolute atomic E-state index is 5.00. The molecule has 0 aliphatic heterocycles. The average Bonchev–Trinajstić information content (AvgIpc) is 0.722. The maximum Gasteiger partial charge on any atom is 0.490 e. The number of halogens is 3. The lowest BCUT2D eigenvalue weighted by Crippen LogP contribution is -2.05. The molecule has 2 radical (unpaired) electrons. The van der Waals surface area contributed by atoms with Gasteiger partial charge in [0.15, 0.2) is 0 Å². The van der Waals surface area contributed by atoms with Gasteiger partial charge in [-0.05, 0) is 5.73 Å². The summed E-state index contributed by atoms with van der Waals surface area (Å²) < 4.78 is 29.7. The lowest BCUT2D eigenvalue weighted by Gasteiger charge is -1.84. The predicted octanol–water partition coefficient (Wildman–Crippen LogP) is 0.575. The van der Waals surface area contributed by atoms with Crippen LogP contribution in [0.2, 0.25) is 0 Å². The molecule has 0 aliphatic carbocycles. The van der Waals surface area contributed by atoms with E-state index in [0.717, 1.165) is 0 Å². The summed E-state index contributed by atoms with van der Waals surface area (Å²) >= 11 is 0. The summed E-state index contributed by atoms with van der Waals surface area (Å²) in [5, 5.41) is 0. The van der Waals surface area contributed by atoms with Gasteiger partial charge in [0.25, 0.3) is 0 Å². The van der Waals surface area contributed by atoms with Gasteiger partial charge in [-0.1, -0.05) is 0 Å². The summed E-state index contributed by atoms with van der Waals surface area (Å²) in [7, 11) is 0. The van der Waals surface area contributed by atoms with Crippen LogP contribution in [0.1, 0.15) is 0 Å². The molecule has 0 spiro atoms. The zero-order valence-electron chi connectivity index (χ0n) is 2.08. The normalized spacial score (nSPS) is 12.0. The summed E-state index contributed by atoms with van der Waals surface area (Å²) in [5.74, 6) is 0. The van der Waals surface area contributed by atoms with E-state index in [1.54, 1.807) is 0 Å². The largest absolute Gasteiger partial charge is 0.490 e. The molecule has 0 amide bonds. The fraction of sp³-hybridized carbons (Fsp3) is 1.00. The number of nitrogens with zero attached hydrogens (tertiary/aromatic N) is 1. The Balaban J connectivity index is 3.02. The molecule has 0 atom stereocenters. The maximum absolute atomic E-state index is 9.91. The second kappa shape index (κ2) is 0.858. The van der Waals surface area contributed by atoms with Crippen molar-refractivity contribution in [2.75, 3.05) is 0 Å². The van der Waals surface area contributed by atoms with Crippen molar-refractivity contribution in [3.05, 3.63) is 0 Å². The van der Waals surface area contributed by atoms with Crippen molar-refractivity contribution in [1.82, 2.24) is 5.73 Å². The maximum atomic E-state index is 9.91. The minimum atomic E-state index is -5.00. The molecule has 0 bridgehead atoms. The molecule has 0 aliphatic rings. The molecular weight excluding hydrogens is 83.0 g/mol. The molecule has 0 saturated heterocycles. The second-order valence-corrected chi connectivity index (χ2v) is 0.468. The molecule has 0 aromatic carbocycles. The SMILES string of the molecule is [N]C(F)(F)F. The van der Waals surface area contributed by atoms with Gasteiger partial charge in [-0.25, -0.2) is 0 Å². The molecule has 0 aromatic heterocycles. The van der Waals surface area contributed by atoms with Crippen molar-refractivity contribution >= 4 is 0 Å². The zero-order valence-corrected chi connectivity index (χ0v) is 2.08. The van der Waals surface area contributed by atoms with Crippen LogP contribution in [0.3, 0.4) is 0 Å². The van der Waals surface area contributed by atoms with Crippen LogP contribution in [0.25, 0.3) is 0 Å². The lowest BCUT2D eigenvalue weighted by atomic mass is 11.3. The third-order valence-corrected chi connectivity index (χ3v) is 0. The van der Waals surface area contributed by atoms with E-state index in [2.05, 4.69) is 0 Å². The Hall–Kier alpha value is -0.250. The van der Waals surface area contributed by atoms with Gasteiger partial charge in [0.1, 0.15) is 0 Å².